The Balaban J connectivity index is 1.79. The molecule has 28 heavy (non-hydrogen) atoms. The number of amides is 2. The topological polar surface area (TPSA) is 89.3 Å². The Labute approximate surface area is 164 Å². The van der Waals surface area contributed by atoms with Gasteiger partial charge in [0.25, 0.3) is 0 Å². The molecule has 2 amide bonds. The van der Waals surface area contributed by atoms with Crippen molar-refractivity contribution in [3.63, 3.8) is 0 Å². The fraction of sp³-hybridized carbons (Fsp3) is 0.500. The van der Waals surface area contributed by atoms with Crippen molar-refractivity contribution < 1.29 is 14.3 Å². The second kappa shape index (κ2) is 8.86. The number of nitrogens with zero attached hydrogens (tertiary/aromatic N) is 4. The fourth-order valence-corrected chi connectivity index (χ4v) is 3.71. The van der Waals surface area contributed by atoms with E-state index in [1.165, 1.54) is 0 Å². The van der Waals surface area contributed by atoms with Crippen molar-refractivity contribution in [2.24, 2.45) is 5.92 Å². The number of rotatable bonds is 8. The number of carbonyl (C=O) groups excluding carboxylic acids is 2. The molecule has 1 aliphatic rings. The normalized spacial score (nSPS) is 19.1. The number of nitrogens with one attached hydrogen (secondary N) is 1. The van der Waals surface area contributed by atoms with Crippen LogP contribution in [0, 0.1) is 5.92 Å². The van der Waals surface area contributed by atoms with E-state index in [1.54, 1.807) is 17.3 Å². The average molecular weight is 385 g/mol. The molecule has 8 heteroatoms. The number of hydrogen-bond acceptors (Lipinski definition) is 5. The lowest BCUT2D eigenvalue weighted by Crippen LogP contribution is -2.36. The largest absolute Gasteiger partial charge is 0.478 e. The molecule has 2 atom stereocenters. The third kappa shape index (κ3) is 3.85. The SMILES string of the molecule is CCOc1ncccc1CNC(=O)[C@H]1CC(=O)N(CC)[C@@H]1c1nccn1CC. The first-order chi connectivity index (χ1) is 13.6. The maximum atomic E-state index is 13.0. The summed E-state index contributed by atoms with van der Waals surface area (Å²) < 4.78 is 7.51. The summed E-state index contributed by atoms with van der Waals surface area (Å²) in [5, 5.41) is 2.96. The molecule has 3 rings (SSSR count). The van der Waals surface area contributed by atoms with E-state index in [1.807, 2.05) is 43.7 Å². The van der Waals surface area contributed by atoms with Crippen molar-refractivity contribution in [1.82, 2.24) is 24.8 Å². The van der Waals surface area contributed by atoms with Gasteiger partial charge in [-0.2, -0.15) is 0 Å². The molecule has 0 aromatic carbocycles. The smallest absolute Gasteiger partial charge is 0.226 e. The summed E-state index contributed by atoms with van der Waals surface area (Å²) in [5.41, 5.74) is 0.806. The van der Waals surface area contributed by atoms with Gasteiger partial charge in [-0.05, 0) is 26.8 Å². The summed E-state index contributed by atoms with van der Waals surface area (Å²) in [4.78, 5) is 35.9. The Morgan fingerprint density at radius 3 is 2.79 bits per heavy atom. The monoisotopic (exact) mass is 385 g/mol. The Hall–Kier alpha value is -2.90. The highest BCUT2D eigenvalue weighted by atomic mass is 16.5. The third-order valence-electron chi connectivity index (χ3n) is 5.05. The van der Waals surface area contributed by atoms with Crippen LogP contribution in [0.15, 0.2) is 30.7 Å². The lowest BCUT2D eigenvalue weighted by Gasteiger charge is -2.26. The molecule has 1 N–H and O–H groups in total. The summed E-state index contributed by atoms with van der Waals surface area (Å²) >= 11 is 0. The number of imidazole rings is 1. The van der Waals surface area contributed by atoms with Gasteiger partial charge < -0.3 is 19.5 Å². The summed E-state index contributed by atoms with van der Waals surface area (Å²) in [7, 11) is 0. The van der Waals surface area contributed by atoms with Gasteiger partial charge in [-0.25, -0.2) is 9.97 Å². The van der Waals surface area contributed by atoms with E-state index >= 15 is 0 Å². The fourth-order valence-electron chi connectivity index (χ4n) is 3.71. The molecule has 0 bridgehead atoms. The van der Waals surface area contributed by atoms with Crippen molar-refractivity contribution in [3.8, 4) is 5.88 Å². The van der Waals surface area contributed by atoms with Crippen LogP contribution in [0.3, 0.4) is 0 Å². The molecule has 1 aliphatic heterocycles. The molecule has 0 unspecified atom stereocenters. The van der Waals surface area contributed by atoms with Crippen molar-refractivity contribution in [2.75, 3.05) is 13.2 Å². The number of pyridine rings is 1. The minimum absolute atomic E-state index is 0.0188. The maximum absolute atomic E-state index is 13.0. The summed E-state index contributed by atoms with van der Waals surface area (Å²) in [6.07, 6.45) is 5.44. The van der Waals surface area contributed by atoms with Gasteiger partial charge in [0.15, 0.2) is 0 Å². The number of aryl methyl sites for hydroxylation is 1. The van der Waals surface area contributed by atoms with Gasteiger partial charge in [-0.1, -0.05) is 6.07 Å². The highest BCUT2D eigenvalue weighted by Gasteiger charge is 2.45. The minimum Gasteiger partial charge on any atom is -0.478 e. The summed E-state index contributed by atoms with van der Waals surface area (Å²) in [6.45, 7) is 7.91. The number of likely N-dealkylation sites (tertiary alicyclic amines) is 1. The summed E-state index contributed by atoms with van der Waals surface area (Å²) in [6, 6.07) is 3.33. The molecule has 2 aromatic heterocycles. The molecule has 3 heterocycles. The molecular weight excluding hydrogens is 358 g/mol. The van der Waals surface area contributed by atoms with E-state index in [2.05, 4.69) is 15.3 Å². The van der Waals surface area contributed by atoms with Crippen LogP contribution in [0.25, 0.3) is 0 Å². The molecular formula is C20H27N5O3. The van der Waals surface area contributed by atoms with Gasteiger partial charge in [-0.3, -0.25) is 9.59 Å². The number of hydrogen-bond donors (Lipinski definition) is 1. The Bertz CT molecular complexity index is 835. The van der Waals surface area contributed by atoms with Crippen LogP contribution in [0.4, 0.5) is 0 Å². The van der Waals surface area contributed by atoms with Gasteiger partial charge >= 0.3 is 0 Å². The van der Waals surface area contributed by atoms with E-state index < -0.39 is 5.92 Å². The summed E-state index contributed by atoms with van der Waals surface area (Å²) in [5.74, 6) is 0.612. The molecule has 0 radical (unpaired) electrons. The van der Waals surface area contributed by atoms with Gasteiger partial charge in [-0.15, -0.1) is 0 Å². The molecule has 150 valence electrons. The second-order valence-corrected chi connectivity index (χ2v) is 6.63. The van der Waals surface area contributed by atoms with Crippen molar-refractivity contribution in [1.29, 1.82) is 0 Å². The first kappa shape index (κ1) is 19.9. The van der Waals surface area contributed by atoms with Crippen LogP contribution < -0.4 is 10.1 Å². The Morgan fingerprint density at radius 2 is 2.07 bits per heavy atom. The zero-order valence-electron chi connectivity index (χ0n) is 16.6. The maximum Gasteiger partial charge on any atom is 0.226 e. The van der Waals surface area contributed by atoms with Crippen LogP contribution in [0.5, 0.6) is 5.88 Å². The standard InChI is InChI=1S/C20H27N5O3/c1-4-24-11-10-21-18(24)17-15(12-16(26)25(17)5-2)19(27)23-13-14-8-7-9-22-20(14)28-6-3/h7-11,15,17H,4-6,12-13H2,1-3H3,(H,23,27)/t15-,17-/m0/s1. The number of aromatic nitrogens is 3. The zero-order valence-corrected chi connectivity index (χ0v) is 16.6. The lowest BCUT2D eigenvalue weighted by molar-refractivity contribution is -0.129. The van der Waals surface area contributed by atoms with E-state index in [0.29, 0.717) is 25.6 Å². The van der Waals surface area contributed by atoms with Gasteiger partial charge in [0, 0.05) is 50.2 Å². The van der Waals surface area contributed by atoms with E-state index in [4.69, 9.17) is 4.74 Å². The van der Waals surface area contributed by atoms with E-state index in [0.717, 1.165) is 17.9 Å². The van der Waals surface area contributed by atoms with Gasteiger partial charge in [0.1, 0.15) is 11.9 Å². The molecule has 2 aromatic rings. The predicted octanol–water partition coefficient (Wildman–Crippen LogP) is 1.92. The predicted molar refractivity (Wildman–Crippen MR) is 103 cm³/mol. The number of carbonyl (C=O) groups is 2. The van der Waals surface area contributed by atoms with Crippen LogP contribution in [0.2, 0.25) is 0 Å². The zero-order chi connectivity index (χ0) is 20.1. The van der Waals surface area contributed by atoms with Crippen LogP contribution in [0.1, 0.15) is 44.6 Å². The Morgan fingerprint density at radius 1 is 1.25 bits per heavy atom. The quantitative estimate of drug-likeness (QED) is 0.750. The van der Waals surface area contributed by atoms with Crippen molar-refractivity contribution in [3.05, 3.63) is 42.1 Å². The Kier molecular flexibility index (Phi) is 6.28. The van der Waals surface area contributed by atoms with Crippen molar-refractivity contribution in [2.45, 2.75) is 46.3 Å². The van der Waals surface area contributed by atoms with Crippen LogP contribution in [-0.4, -0.2) is 44.4 Å². The van der Waals surface area contributed by atoms with Gasteiger partial charge in [0.05, 0.1) is 12.5 Å². The second-order valence-electron chi connectivity index (χ2n) is 6.63. The lowest BCUT2D eigenvalue weighted by atomic mass is 9.98. The van der Waals surface area contributed by atoms with Crippen LogP contribution in [-0.2, 0) is 22.7 Å². The number of ether oxygens (including phenoxy) is 1. The molecule has 0 spiro atoms. The van der Waals surface area contributed by atoms with E-state index in [9.17, 15) is 9.59 Å². The molecule has 8 nitrogen and oxygen atoms in total. The molecule has 1 saturated heterocycles. The first-order valence-corrected chi connectivity index (χ1v) is 9.75. The van der Waals surface area contributed by atoms with Gasteiger partial charge in [0.2, 0.25) is 17.7 Å². The highest BCUT2D eigenvalue weighted by Crippen LogP contribution is 2.37. The first-order valence-electron chi connectivity index (χ1n) is 9.75. The molecule has 0 aliphatic carbocycles. The molecule has 0 saturated carbocycles. The highest BCUT2D eigenvalue weighted by molar-refractivity contribution is 5.90. The van der Waals surface area contributed by atoms with E-state index in [-0.39, 0.29) is 24.3 Å². The molecule has 1 fully saturated rings. The van der Waals surface area contributed by atoms with Crippen molar-refractivity contribution >= 4 is 11.8 Å². The third-order valence-corrected chi connectivity index (χ3v) is 5.05. The van der Waals surface area contributed by atoms with Crippen LogP contribution >= 0.6 is 0 Å². The minimum atomic E-state index is -0.479. The average Bonchev–Trinajstić information content (AvgIpc) is 3.30.